The van der Waals surface area contributed by atoms with E-state index in [4.69, 9.17) is 39.5 Å². The van der Waals surface area contributed by atoms with Crippen LogP contribution in [0.3, 0.4) is 0 Å². The minimum atomic E-state index is 0. The summed E-state index contributed by atoms with van der Waals surface area (Å²) in [7, 11) is 0. The molecule has 9 aliphatic rings. The largest absolute Gasteiger partial charge is 2.00 e. The minimum Gasteiger partial charge on any atom is -0.394 e. The van der Waals surface area contributed by atoms with E-state index in [1.807, 2.05) is 24.3 Å². The van der Waals surface area contributed by atoms with Gasteiger partial charge in [-0.3, -0.25) is 23.8 Å². The van der Waals surface area contributed by atoms with Gasteiger partial charge in [0.05, 0.1) is 0 Å². The molecule has 10 radical (unpaired) electrons. The van der Waals surface area contributed by atoms with Gasteiger partial charge in [0.2, 0.25) is 0 Å². The van der Waals surface area contributed by atoms with Gasteiger partial charge < -0.3 is 138 Å². The summed E-state index contributed by atoms with van der Waals surface area (Å²) in [5.74, 6) is 0. The molecule has 0 spiro atoms. The molecule has 0 bridgehead atoms. The van der Waals surface area contributed by atoms with E-state index in [1.165, 1.54) is 50.1 Å². The molecule has 65 heavy (non-hydrogen) atoms. The van der Waals surface area contributed by atoms with E-state index in [0.29, 0.717) is 0 Å². The maximum atomic E-state index is 5.72. The van der Waals surface area contributed by atoms with E-state index in [9.17, 15) is 0 Å². The number of hydrogen-bond acceptors (Lipinski definition) is 0. The zero-order valence-corrected chi connectivity index (χ0v) is 71.3. The number of allylic oxidation sites excluding steroid dienone is 29. The molecule has 9 aliphatic carbocycles. The average molecular weight is 2260 g/mol. The normalized spacial score (nSPS) is 15.6. The predicted octanol–water partition coefficient (Wildman–Crippen LogP) is 10.9. The third-order valence-electron chi connectivity index (χ3n) is 9.37. The van der Waals surface area contributed by atoms with Gasteiger partial charge in [-0.25, -0.2) is 46.1 Å². The van der Waals surface area contributed by atoms with Gasteiger partial charge in [-0.1, -0.05) is 31.4 Å². The Bertz CT molecular complexity index is 2050. The first-order valence-electron chi connectivity index (χ1n) is 16.9. The summed E-state index contributed by atoms with van der Waals surface area (Å²) in [5, 5.41) is 0. The SMILES string of the molecule is [CH-]=C1CC2=C(CC=C2)C1=[CH-].[CH-]=CC1=[C-]C2=C(C=[C-]C2)C1.[CH-]=CC1=[C-]C2=C(CC=[C-]2)C1.[CH-]=CC1=[C-]C2=C([C-]=CC2)C1.[CH-]=CC1=[C-]c2[cH-]ccc2C1.[V+2].[V+2].[V+2].[V+2].[V].[W].[W].[W].[W].[W].[Y].[Y].[Y].[Y].[Y]. The van der Waals surface area contributed by atoms with Crippen LogP contribution >= 0.6 is 0 Å². The van der Waals surface area contributed by atoms with Crippen LogP contribution in [0.4, 0.5) is 0 Å². The summed E-state index contributed by atoms with van der Waals surface area (Å²) in [6.07, 6.45) is 47.8. The van der Waals surface area contributed by atoms with Crippen molar-refractivity contribution in [1.29, 1.82) is 0 Å². The Morgan fingerprint density at radius 1 is 0.569 bits per heavy atom. The fourth-order valence-electron chi connectivity index (χ4n) is 6.65. The van der Waals surface area contributed by atoms with Crippen LogP contribution < -0.4 is 0 Å². The van der Waals surface area contributed by atoms with E-state index < -0.39 is 0 Å². The summed E-state index contributed by atoms with van der Waals surface area (Å²) in [6.45, 7) is 32.8. The summed E-state index contributed by atoms with van der Waals surface area (Å²) in [5.41, 5.74) is 18.9. The van der Waals surface area contributed by atoms with Crippen molar-refractivity contribution in [2.24, 2.45) is 0 Å². The molecule has 0 fully saturated rings. The molecule has 0 nitrogen and oxygen atoms in total. The summed E-state index contributed by atoms with van der Waals surface area (Å²) < 4.78 is 0. The van der Waals surface area contributed by atoms with Gasteiger partial charge in [0.15, 0.2) is 0 Å². The van der Waals surface area contributed by atoms with Crippen LogP contribution in [0.25, 0.3) is 0 Å². The maximum absolute atomic E-state index is 5.72. The Hall–Kier alpha value is 6.55. The number of rotatable bonds is 4. The fourth-order valence-corrected chi connectivity index (χ4v) is 6.65. The molecule has 1 aromatic rings. The Labute approximate surface area is 649 Å². The third-order valence-corrected chi connectivity index (χ3v) is 9.37. The van der Waals surface area contributed by atoms with Crippen molar-refractivity contribution in [1.82, 2.24) is 0 Å². The fraction of sp³-hybridized carbons (Fsp3) is 0.180. The van der Waals surface area contributed by atoms with Crippen LogP contribution in [0.2, 0.25) is 0 Å². The molecule has 0 aliphatic heterocycles. The molecule has 0 aromatic heterocycles. The molecule has 0 N–H and O–H groups in total. The van der Waals surface area contributed by atoms with E-state index in [-0.39, 0.29) is 362 Å². The van der Waals surface area contributed by atoms with Gasteiger partial charge in [0.25, 0.3) is 0 Å². The van der Waals surface area contributed by atoms with Crippen LogP contribution in [0, 0.1) is 82.0 Å². The quantitative estimate of drug-likeness (QED) is 0.264. The molecule has 0 saturated carbocycles. The van der Waals surface area contributed by atoms with Crippen molar-refractivity contribution < 1.29 is 362 Å². The molecular formula is C50H36V5W5Y5-6. The smallest absolute Gasteiger partial charge is 0.394 e. The predicted molar refractivity (Wildman–Crippen MR) is 201 cm³/mol. The van der Waals surface area contributed by atoms with Gasteiger partial charge in [-0.2, -0.15) is 43.9 Å². The average Bonchev–Trinajstić information content (AvgIpc) is 3.95. The van der Waals surface area contributed by atoms with E-state index in [1.54, 1.807) is 24.3 Å². The molecule has 0 amide bonds. The Morgan fingerprint density at radius 2 is 1.12 bits per heavy atom. The summed E-state index contributed by atoms with van der Waals surface area (Å²) in [4.78, 5) is 0. The molecule has 0 unspecified atom stereocenters. The van der Waals surface area contributed by atoms with Crippen LogP contribution in [-0.2, 0) is 368 Å². The molecule has 0 atom stereocenters. The van der Waals surface area contributed by atoms with Crippen LogP contribution in [0.15, 0.2) is 151 Å². The maximum Gasteiger partial charge on any atom is 2.00 e. The van der Waals surface area contributed by atoms with Gasteiger partial charge in [0, 0.05) is 287 Å². The van der Waals surface area contributed by atoms with Crippen molar-refractivity contribution in [2.75, 3.05) is 0 Å². The second-order valence-electron chi connectivity index (χ2n) is 12.7. The van der Waals surface area contributed by atoms with E-state index in [2.05, 4.69) is 66.8 Å². The zero-order valence-electron chi connectivity index (χ0n) is 35.4. The first-order chi connectivity index (χ1) is 24.4. The van der Waals surface area contributed by atoms with Crippen LogP contribution in [0.5, 0.6) is 0 Å². The van der Waals surface area contributed by atoms with E-state index >= 15 is 0 Å². The van der Waals surface area contributed by atoms with Gasteiger partial charge in [-0.05, 0) is 0 Å². The first kappa shape index (κ1) is 94.0. The molecule has 1 aromatic carbocycles. The van der Waals surface area contributed by atoms with Crippen LogP contribution in [0.1, 0.15) is 62.5 Å². The molecule has 10 rings (SSSR count). The Kier molecular flexibility index (Phi) is 72.4. The summed E-state index contributed by atoms with van der Waals surface area (Å²) >= 11 is 0. The Morgan fingerprint density at radius 3 is 1.66 bits per heavy atom. The van der Waals surface area contributed by atoms with Gasteiger partial charge in [-0.15, -0.1) is 18.4 Å². The zero-order chi connectivity index (χ0) is 35.0. The van der Waals surface area contributed by atoms with Crippen molar-refractivity contribution >= 4 is 0 Å². The summed E-state index contributed by atoms with van der Waals surface area (Å²) in [6, 6.07) is 6.22. The molecule has 0 heterocycles. The van der Waals surface area contributed by atoms with Gasteiger partial charge >= 0.3 is 74.2 Å². The minimum absolute atomic E-state index is 0. The molecule has 0 saturated heterocycles. The van der Waals surface area contributed by atoms with Crippen molar-refractivity contribution in [3.05, 3.63) is 244 Å². The monoisotopic (exact) mass is 2260 g/mol. The standard InChI is InChI=1S/C10H8.4C10H7.5V.5W.5Y/c1-7-6-9-4-3-5-10(9)8(7)2;4*1-2-8-6-9-4-3-5-10(9)7-8;;;;;;;;;;;;;;;/h1-4H,5-6H2;1-2,4H,5-6H2;1-3H,4,7H2;1-3H,4,6H2;1-5H,6H2;;;;;;;;;;;;;;;/q-2;4*-3;;4*+2;;;;;;;;;;. The van der Waals surface area contributed by atoms with Crippen molar-refractivity contribution in [2.45, 2.75) is 57.8 Å². The molecular weight excluding hydrogens is 2220 g/mol. The second-order valence-corrected chi connectivity index (χ2v) is 12.7. The number of hydrogen-bond donors (Lipinski definition) is 0. The second kappa shape index (κ2) is 50.1. The van der Waals surface area contributed by atoms with Crippen molar-refractivity contribution in [3.63, 3.8) is 0 Å². The molecule has 312 valence electrons. The van der Waals surface area contributed by atoms with Crippen molar-refractivity contribution in [3.8, 4) is 0 Å². The van der Waals surface area contributed by atoms with Gasteiger partial charge in [0.1, 0.15) is 0 Å². The molecule has 15 heteroatoms. The van der Waals surface area contributed by atoms with Crippen LogP contribution in [-0.4, -0.2) is 0 Å². The van der Waals surface area contributed by atoms with E-state index in [0.717, 1.165) is 96.8 Å². The topological polar surface area (TPSA) is 0 Å². The number of fused-ring (bicyclic) bond motifs is 1. The Balaban J connectivity index is -0.0000000687. The third kappa shape index (κ3) is 28.1. The first-order valence-corrected chi connectivity index (χ1v) is 16.9.